The quantitative estimate of drug-likeness (QED) is 0.472. The second-order valence-electron chi connectivity index (χ2n) is 5.05. The number of quaternary nitrogens is 1. The first kappa shape index (κ1) is 16.6. The van der Waals surface area contributed by atoms with Crippen molar-refractivity contribution in [2.75, 3.05) is 25.5 Å². The van der Waals surface area contributed by atoms with Crippen LogP contribution in [0.25, 0.3) is 0 Å². The van der Waals surface area contributed by atoms with Crippen LogP contribution in [0.5, 0.6) is 0 Å². The molecule has 1 aliphatic heterocycles. The Bertz CT molecular complexity index is 619. The second-order valence-corrected chi connectivity index (χ2v) is 5.87. The molecule has 1 aliphatic rings. The van der Waals surface area contributed by atoms with E-state index in [9.17, 15) is 9.59 Å². The fourth-order valence-corrected chi connectivity index (χ4v) is 2.22. The maximum atomic E-state index is 11.8. The van der Waals surface area contributed by atoms with Crippen LogP contribution < -0.4 is 21.1 Å². The molecule has 0 saturated heterocycles. The lowest BCUT2D eigenvalue weighted by molar-refractivity contribution is -0.875. The number of anilines is 1. The van der Waals surface area contributed by atoms with E-state index in [-0.39, 0.29) is 0 Å². The Morgan fingerprint density at radius 3 is 2.59 bits per heavy atom. The van der Waals surface area contributed by atoms with Gasteiger partial charge < -0.3 is 15.6 Å². The number of carbonyl (C=O) groups excluding carboxylic acids is 2. The Hall–Kier alpha value is -1.76. The number of likely N-dealkylation sites (N-methyl/N-ethyl adjacent to an activating group) is 1. The van der Waals surface area contributed by atoms with Gasteiger partial charge >= 0.3 is 11.8 Å². The fourth-order valence-electron chi connectivity index (χ4n) is 1.92. The highest BCUT2D eigenvalue weighted by Gasteiger charge is 2.16. The van der Waals surface area contributed by atoms with Crippen LogP contribution in [-0.4, -0.2) is 32.0 Å². The zero-order chi connectivity index (χ0) is 16.1. The van der Waals surface area contributed by atoms with Crippen LogP contribution in [0.2, 0.25) is 10.0 Å². The minimum atomic E-state index is -0.787. The third kappa shape index (κ3) is 4.62. The molecule has 1 heterocycles. The van der Waals surface area contributed by atoms with E-state index in [1.165, 1.54) is 11.0 Å². The molecule has 118 valence electrons. The average molecular weight is 344 g/mol. The Morgan fingerprint density at radius 2 is 1.95 bits per heavy atom. The summed E-state index contributed by atoms with van der Waals surface area (Å²) in [4.78, 5) is 24.9. The highest BCUT2D eigenvalue weighted by atomic mass is 35.5. The second kappa shape index (κ2) is 7.49. The molecule has 1 unspecified atom stereocenters. The van der Waals surface area contributed by atoms with E-state index >= 15 is 0 Å². The van der Waals surface area contributed by atoms with Crippen molar-refractivity contribution in [2.24, 2.45) is 0 Å². The van der Waals surface area contributed by atoms with E-state index in [1.54, 1.807) is 12.1 Å². The molecule has 2 rings (SSSR count). The van der Waals surface area contributed by atoms with Crippen LogP contribution in [0.1, 0.15) is 6.42 Å². The summed E-state index contributed by atoms with van der Waals surface area (Å²) in [5.41, 5.74) is 6.45. The third-order valence-electron chi connectivity index (χ3n) is 3.24. The number of rotatable bonds is 3. The smallest absolute Gasteiger partial charge is 0.327 e. The summed E-state index contributed by atoms with van der Waals surface area (Å²) in [6, 6.07) is 4.58. The molecular weight excluding hydrogens is 327 g/mol. The van der Waals surface area contributed by atoms with Crippen LogP contribution in [0.3, 0.4) is 0 Å². The van der Waals surface area contributed by atoms with Crippen molar-refractivity contribution in [3.63, 3.8) is 0 Å². The normalized spacial score (nSPS) is 17.4. The average Bonchev–Trinajstić information content (AvgIpc) is 2.50. The fraction of sp³-hybridized carbons (Fsp3) is 0.286. The van der Waals surface area contributed by atoms with E-state index in [0.717, 1.165) is 25.2 Å². The van der Waals surface area contributed by atoms with Gasteiger partial charge in [-0.25, -0.2) is 0 Å². The Balaban J connectivity index is 1.84. The molecule has 1 atom stereocenters. The lowest BCUT2D eigenvalue weighted by Crippen LogP contribution is -3.09. The molecule has 1 aromatic carbocycles. The molecule has 1 aromatic rings. The van der Waals surface area contributed by atoms with E-state index in [4.69, 9.17) is 23.2 Å². The van der Waals surface area contributed by atoms with E-state index in [0.29, 0.717) is 15.7 Å². The lowest BCUT2D eigenvalue weighted by Gasteiger charge is -2.20. The van der Waals surface area contributed by atoms with E-state index in [1.807, 2.05) is 6.08 Å². The number of amides is 2. The Kier molecular flexibility index (Phi) is 5.65. The molecule has 0 aliphatic carbocycles. The monoisotopic (exact) mass is 343 g/mol. The van der Waals surface area contributed by atoms with Crippen LogP contribution in [-0.2, 0) is 9.59 Å². The standard InChI is InChI=1S/C14H16Cl2N4O2/c1-20-6-4-9(5-7-20)18-19-14(22)13(21)17-10-2-3-11(15)12(16)8-10/h2-4,8,18H,5-7H2,1H3,(H,17,21)(H,19,22)/p+1. The minimum Gasteiger partial charge on any atom is -0.334 e. The molecule has 4 N–H and O–H groups in total. The summed E-state index contributed by atoms with van der Waals surface area (Å²) in [7, 11) is 2.09. The summed E-state index contributed by atoms with van der Waals surface area (Å²) >= 11 is 11.6. The summed E-state index contributed by atoms with van der Waals surface area (Å²) in [6.07, 6.45) is 2.82. The van der Waals surface area contributed by atoms with Gasteiger partial charge in [-0.05, 0) is 24.3 Å². The van der Waals surface area contributed by atoms with Crippen LogP contribution in [0.4, 0.5) is 5.69 Å². The molecule has 0 radical (unpaired) electrons. The molecule has 6 nitrogen and oxygen atoms in total. The molecule has 0 spiro atoms. The largest absolute Gasteiger partial charge is 0.334 e. The zero-order valence-corrected chi connectivity index (χ0v) is 13.5. The Labute approximate surface area is 138 Å². The van der Waals surface area contributed by atoms with Gasteiger partial charge in [-0.2, -0.15) is 0 Å². The molecule has 22 heavy (non-hydrogen) atoms. The minimum absolute atomic E-state index is 0.303. The molecule has 0 aromatic heterocycles. The number of hydrazine groups is 1. The highest BCUT2D eigenvalue weighted by molar-refractivity contribution is 6.42. The van der Waals surface area contributed by atoms with Crippen molar-refractivity contribution in [1.82, 2.24) is 10.9 Å². The van der Waals surface area contributed by atoms with Gasteiger partial charge in [0.25, 0.3) is 0 Å². The molecule has 2 amide bonds. The van der Waals surface area contributed by atoms with Gasteiger partial charge in [0.05, 0.1) is 30.2 Å². The predicted molar refractivity (Wildman–Crippen MR) is 85.7 cm³/mol. The third-order valence-corrected chi connectivity index (χ3v) is 3.98. The molecule has 8 heteroatoms. The van der Waals surface area contributed by atoms with Crippen molar-refractivity contribution in [3.8, 4) is 0 Å². The topological polar surface area (TPSA) is 74.7 Å². The summed E-state index contributed by atoms with van der Waals surface area (Å²) in [6.45, 7) is 1.86. The van der Waals surface area contributed by atoms with Crippen molar-refractivity contribution >= 4 is 40.7 Å². The van der Waals surface area contributed by atoms with Crippen LogP contribution in [0.15, 0.2) is 30.0 Å². The maximum absolute atomic E-state index is 11.8. The summed E-state index contributed by atoms with van der Waals surface area (Å²) in [5.74, 6) is -1.57. The number of nitrogens with one attached hydrogen (secondary N) is 4. The van der Waals surface area contributed by atoms with E-state index < -0.39 is 11.8 Å². The van der Waals surface area contributed by atoms with Crippen LogP contribution in [0, 0.1) is 0 Å². The maximum Gasteiger partial charge on any atom is 0.327 e. The zero-order valence-electron chi connectivity index (χ0n) is 12.0. The van der Waals surface area contributed by atoms with Crippen molar-refractivity contribution in [3.05, 3.63) is 40.0 Å². The van der Waals surface area contributed by atoms with Gasteiger partial charge in [0.2, 0.25) is 0 Å². The number of halogens is 2. The molecule has 0 fully saturated rings. The van der Waals surface area contributed by atoms with Gasteiger partial charge in [-0.1, -0.05) is 23.2 Å². The van der Waals surface area contributed by atoms with Gasteiger partial charge in [0.1, 0.15) is 0 Å². The van der Waals surface area contributed by atoms with Gasteiger partial charge in [-0.15, -0.1) is 0 Å². The summed E-state index contributed by atoms with van der Waals surface area (Å²) < 4.78 is 0. The molecule has 0 bridgehead atoms. The predicted octanol–water partition coefficient (Wildman–Crippen LogP) is 0.355. The van der Waals surface area contributed by atoms with Gasteiger partial charge in [0, 0.05) is 17.8 Å². The van der Waals surface area contributed by atoms with Gasteiger partial charge in [0.15, 0.2) is 0 Å². The number of carbonyl (C=O) groups is 2. The lowest BCUT2D eigenvalue weighted by atomic mass is 10.2. The van der Waals surface area contributed by atoms with E-state index in [2.05, 4.69) is 23.2 Å². The summed E-state index contributed by atoms with van der Waals surface area (Å²) in [5, 5.41) is 3.13. The molecular formula is C14H17Cl2N4O2+. The van der Waals surface area contributed by atoms with Gasteiger partial charge in [-0.3, -0.25) is 15.0 Å². The van der Waals surface area contributed by atoms with Crippen molar-refractivity contribution < 1.29 is 14.5 Å². The van der Waals surface area contributed by atoms with Crippen molar-refractivity contribution in [1.29, 1.82) is 0 Å². The Morgan fingerprint density at radius 1 is 1.18 bits per heavy atom. The molecule has 0 saturated carbocycles. The van der Waals surface area contributed by atoms with Crippen molar-refractivity contribution in [2.45, 2.75) is 6.42 Å². The number of hydrogen-bond donors (Lipinski definition) is 4. The first-order valence-corrected chi connectivity index (χ1v) is 7.54. The SMILES string of the molecule is C[NH+]1CC=C(NNC(=O)C(=O)Nc2ccc(Cl)c(Cl)c2)CC1. The number of hydrogen-bond acceptors (Lipinski definition) is 3. The number of benzene rings is 1. The van der Waals surface area contributed by atoms with Crippen LogP contribution >= 0.6 is 23.2 Å². The first-order chi connectivity index (χ1) is 10.5. The highest BCUT2D eigenvalue weighted by Crippen LogP contribution is 2.24. The first-order valence-electron chi connectivity index (χ1n) is 6.78.